The third kappa shape index (κ3) is 4.92. The molecule has 2 aromatic carbocycles. The van der Waals surface area contributed by atoms with Gasteiger partial charge in [-0.2, -0.15) is 0 Å². The number of likely N-dealkylation sites (tertiary alicyclic amines) is 1. The number of carbonyl (C=O) groups excluding carboxylic acids is 2. The van der Waals surface area contributed by atoms with Crippen molar-refractivity contribution in [3.8, 4) is 0 Å². The van der Waals surface area contributed by atoms with Crippen molar-refractivity contribution in [2.24, 2.45) is 11.3 Å². The van der Waals surface area contributed by atoms with Crippen LogP contribution < -0.4 is 0 Å². The van der Waals surface area contributed by atoms with E-state index >= 15 is 0 Å². The second-order valence-electron chi connectivity index (χ2n) is 11.4. The van der Waals surface area contributed by atoms with Gasteiger partial charge in [0, 0.05) is 30.6 Å². The fraction of sp³-hybridized carbons (Fsp3) is 0.433. The van der Waals surface area contributed by atoms with Crippen molar-refractivity contribution in [3.05, 3.63) is 80.4 Å². The molecule has 2 saturated heterocycles. The number of aliphatic hydroxyl groups is 1. The maximum atomic E-state index is 14.6. The Balaban J connectivity index is 1.63. The lowest BCUT2D eigenvalue weighted by Crippen LogP contribution is -2.66. The molecule has 0 bridgehead atoms. The molecular weight excluding hydrogens is 562 g/mol. The van der Waals surface area contributed by atoms with E-state index in [1.54, 1.807) is 48.2 Å². The Morgan fingerprint density at radius 3 is 2.29 bits per heavy atom. The summed E-state index contributed by atoms with van der Waals surface area (Å²) in [5.41, 5.74) is -0.976. The molecule has 0 aromatic heterocycles. The van der Waals surface area contributed by atoms with E-state index in [0.717, 1.165) is 30.6 Å². The molecule has 12 heteroatoms. The number of aliphatic carboxylic acids is 1. The van der Waals surface area contributed by atoms with E-state index in [1.165, 1.54) is 19.1 Å². The number of nitro benzene ring substituents is 1. The molecule has 5 atom stereocenters. The van der Waals surface area contributed by atoms with Crippen molar-refractivity contribution in [2.45, 2.75) is 63.0 Å². The number of hydrogen-bond donors (Lipinski definition) is 2. The largest absolute Gasteiger partial charge is 0.477 e. The Morgan fingerprint density at radius 2 is 1.71 bits per heavy atom. The van der Waals surface area contributed by atoms with Gasteiger partial charge >= 0.3 is 5.97 Å². The van der Waals surface area contributed by atoms with E-state index in [9.17, 15) is 38.9 Å². The molecule has 222 valence electrons. The summed E-state index contributed by atoms with van der Waals surface area (Å²) in [5, 5.41) is 32.1. The number of carbonyl (C=O) groups is 3. The Hall–Kier alpha value is -3.90. The Kier molecular flexibility index (Phi) is 8.04. The second-order valence-corrected chi connectivity index (χ2v) is 12.8. The lowest BCUT2D eigenvalue weighted by Gasteiger charge is -2.50. The summed E-state index contributed by atoms with van der Waals surface area (Å²) >= 11 is 0. The highest BCUT2D eigenvalue weighted by atomic mass is 32.2. The average Bonchev–Trinajstić information content (AvgIpc) is 3.10. The van der Waals surface area contributed by atoms with E-state index in [2.05, 4.69) is 0 Å². The van der Waals surface area contributed by atoms with E-state index in [1.807, 2.05) is 0 Å². The molecule has 11 nitrogen and oxygen atoms in total. The Bertz CT molecular complexity index is 1500. The van der Waals surface area contributed by atoms with Crippen LogP contribution in [0.2, 0.25) is 0 Å². The van der Waals surface area contributed by atoms with Crippen molar-refractivity contribution in [3.63, 3.8) is 0 Å². The van der Waals surface area contributed by atoms with E-state index in [-0.39, 0.29) is 33.4 Å². The van der Waals surface area contributed by atoms with Crippen LogP contribution in [0.25, 0.3) is 0 Å². The minimum atomic E-state index is -2.18. The fourth-order valence-electron chi connectivity index (χ4n) is 6.63. The van der Waals surface area contributed by atoms with Gasteiger partial charge in [0.05, 0.1) is 49.2 Å². The number of fused-ring (bicyclic) bond motifs is 1. The van der Waals surface area contributed by atoms with Crippen molar-refractivity contribution >= 4 is 34.3 Å². The molecule has 0 saturated carbocycles. The molecule has 5 rings (SSSR count). The maximum Gasteiger partial charge on any atom is 0.353 e. The third-order valence-electron chi connectivity index (χ3n) is 8.61. The van der Waals surface area contributed by atoms with Gasteiger partial charge in [-0.15, -0.1) is 0 Å². The molecule has 0 radical (unpaired) electrons. The number of nitro groups is 1. The first kappa shape index (κ1) is 29.6. The number of non-ortho nitro benzene ring substituents is 1. The first-order valence-electron chi connectivity index (χ1n) is 14.0. The van der Waals surface area contributed by atoms with Gasteiger partial charge in [-0.25, -0.2) is 9.00 Å². The van der Waals surface area contributed by atoms with Crippen molar-refractivity contribution in [1.82, 2.24) is 9.80 Å². The number of benzene rings is 2. The molecule has 3 aliphatic heterocycles. The van der Waals surface area contributed by atoms with Gasteiger partial charge in [-0.05, 0) is 43.9 Å². The zero-order chi connectivity index (χ0) is 30.3. The van der Waals surface area contributed by atoms with Gasteiger partial charge in [0.1, 0.15) is 5.70 Å². The van der Waals surface area contributed by atoms with E-state index < -0.39 is 56.8 Å². The highest BCUT2D eigenvalue weighted by Gasteiger charge is 2.67. The predicted molar refractivity (Wildman–Crippen MR) is 153 cm³/mol. The first-order chi connectivity index (χ1) is 20.0. The van der Waals surface area contributed by atoms with Crippen molar-refractivity contribution < 1.29 is 33.7 Å². The molecule has 0 aliphatic carbocycles. The summed E-state index contributed by atoms with van der Waals surface area (Å²) in [6.45, 7) is 4.30. The summed E-state index contributed by atoms with van der Waals surface area (Å²) in [6.07, 6.45) is 2.74. The lowest BCUT2D eigenvalue weighted by atomic mass is 9.67. The summed E-state index contributed by atoms with van der Waals surface area (Å²) in [4.78, 5) is 53.3. The van der Waals surface area contributed by atoms with Crippen LogP contribution in [0.4, 0.5) is 5.69 Å². The Labute approximate surface area is 245 Å². The number of nitrogens with zero attached hydrogens (tertiary/aromatic N) is 3. The molecule has 3 heterocycles. The van der Waals surface area contributed by atoms with E-state index in [4.69, 9.17) is 0 Å². The molecule has 4 unspecified atom stereocenters. The smallest absolute Gasteiger partial charge is 0.353 e. The van der Waals surface area contributed by atoms with Crippen LogP contribution in [-0.2, 0) is 26.8 Å². The van der Waals surface area contributed by atoms with Gasteiger partial charge in [0.25, 0.3) is 11.6 Å². The van der Waals surface area contributed by atoms with Crippen LogP contribution in [0.15, 0.2) is 64.0 Å². The first-order valence-corrected chi connectivity index (χ1v) is 15.1. The fourth-order valence-corrected chi connectivity index (χ4v) is 8.38. The molecule has 2 N–H and O–H groups in total. The number of aliphatic hydroxyl groups excluding tert-OH is 1. The molecule has 2 fully saturated rings. The number of carboxylic acid groups (broad SMARTS) is 1. The van der Waals surface area contributed by atoms with Crippen LogP contribution in [-0.4, -0.2) is 72.2 Å². The van der Waals surface area contributed by atoms with Crippen LogP contribution in [0, 0.1) is 21.4 Å². The standard InChI is InChI=1S/C30H33N3O8S/c1-18(34)23-25-30(2,17-19-11-13-20(14-12-19)33(39)40)26(24(29(37)38)32(25)28(23)36)42(41)22-10-6-5-9-21(22)27(35)31-15-7-3-4-8-16-31/h5-6,9-14,18,23,25,34H,3-4,7-8,15-17H2,1-2H3,(H,37,38)/t18?,23?,25-,30?,42?/m0/s1. The topological polar surface area (TPSA) is 158 Å². The number of amides is 2. The third-order valence-corrected chi connectivity index (χ3v) is 10.4. The SMILES string of the molecule is CC(O)C1C(=O)N2C(C(=O)O)=C(S(=O)c3ccccc3C(=O)N3CCCCCC3)C(C)(Cc3ccc([N+](=O)[O-])cc3)[C@H]12. The molecule has 2 amide bonds. The minimum absolute atomic E-state index is 0.0223. The summed E-state index contributed by atoms with van der Waals surface area (Å²) in [5.74, 6) is -3.24. The van der Waals surface area contributed by atoms with Gasteiger partial charge < -0.3 is 20.0 Å². The molecule has 0 spiro atoms. The van der Waals surface area contributed by atoms with Gasteiger partial charge in [0.2, 0.25) is 5.91 Å². The second kappa shape index (κ2) is 11.4. The maximum absolute atomic E-state index is 14.6. The van der Waals surface area contributed by atoms with Crippen molar-refractivity contribution in [1.29, 1.82) is 0 Å². The molecule has 2 aromatic rings. The Morgan fingerprint density at radius 1 is 1.10 bits per heavy atom. The number of β-lactam (4-membered cyclic amide) rings is 1. The van der Waals surface area contributed by atoms with E-state index in [0.29, 0.717) is 18.7 Å². The monoisotopic (exact) mass is 595 g/mol. The van der Waals surface area contributed by atoms with Crippen LogP contribution in [0.3, 0.4) is 0 Å². The van der Waals surface area contributed by atoms with Gasteiger partial charge in [0.15, 0.2) is 0 Å². The number of rotatable bonds is 8. The number of hydrogen-bond acceptors (Lipinski definition) is 7. The number of carboxylic acids is 1. The zero-order valence-corrected chi connectivity index (χ0v) is 24.2. The molecule has 42 heavy (non-hydrogen) atoms. The quantitative estimate of drug-likeness (QED) is 0.267. The molecule has 3 aliphatic rings. The molecular formula is C30H33N3O8S. The van der Waals surface area contributed by atoms with Crippen LogP contribution >= 0.6 is 0 Å². The average molecular weight is 596 g/mol. The zero-order valence-electron chi connectivity index (χ0n) is 23.4. The minimum Gasteiger partial charge on any atom is -0.477 e. The normalized spacial score (nSPS) is 25.4. The van der Waals surface area contributed by atoms with Crippen molar-refractivity contribution in [2.75, 3.05) is 13.1 Å². The summed E-state index contributed by atoms with van der Waals surface area (Å²) in [6, 6.07) is 11.4. The van der Waals surface area contributed by atoms with Crippen LogP contribution in [0.5, 0.6) is 0 Å². The van der Waals surface area contributed by atoms with Crippen LogP contribution in [0.1, 0.15) is 55.5 Å². The van der Waals surface area contributed by atoms with Gasteiger partial charge in [-0.1, -0.05) is 44.0 Å². The summed E-state index contributed by atoms with van der Waals surface area (Å²) in [7, 11) is -2.18. The summed E-state index contributed by atoms with van der Waals surface area (Å²) < 4.78 is 14.6. The highest BCUT2D eigenvalue weighted by Crippen LogP contribution is 2.57. The lowest BCUT2D eigenvalue weighted by molar-refractivity contribution is -0.384. The van der Waals surface area contributed by atoms with Gasteiger partial charge in [-0.3, -0.25) is 19.7 Å². The predicted octanol–water partition coefficient (Wildman–Crippen LogP) is 3.49. The highest BCUT2D eigenvalue weighted by molar-refractivity contribution is 7.89.